The van der Waals surface area contributed by atoms with Crippen LogP contribution < -0.4 is 5.32 Å². The fraction of sp³-hybridized carbons (Fsp3) is 0.538. The fourth-order valence-corrected chi connectivity index (χ4v) is 1.56. The largest absolute Gasteiger partial charge is 0.310 e. The SMILES string of the molecule is CCC(NCC(C)C)c1ccccc1. The van der Waals surface area contributed by atoms with E-state index in [9.17, 15) is 0 Å². The fourth-order valence-electron chi connectivity index (χ4n) is 1.56. The van der Waals surface area contributed by atoms with Crippen LogP contribution in [0.4, 0.5) is 0 Å². The lowest BCUT2D eigenvalue weighted by Gasteiger charge is -2.18. The Balaban J connectivity index is 2.54. The molecule has 0 saturated carbocycles. The van der Waals surface area contributed by atoms with Crippen molar-refractivity contribution in [3.63, 3.8) is 0 Å². The molecule has 1 aromatic rings. The molecule has 0 bridgehead atoms. The first kappa shape index (κ1) is 11.3. The molecule has 1 atom stereocenters. The van der Waals surface area contributed by atoms with E-state index in [1.54, 1.807) is 0 Å². The predicted molar refractivity (Wildman–Crippen MR) is 62.3 cm³/mol. The number of nitrogens with one attached hydrogen (secondary N) is 1. The normalized spacial score (nSPS) is 13.1. The summed E-state index contributed by atoms with van der Waals surface area (Å²) in [5.41, 5.74) is 1.40. The zero-order valence-electron chi connectivity index (χ0n) is 9.46. The van der Waals surface area contributed by atoms with E-state index < -0.39 is 0 Å². The van der Waals surface area contributed by atoms with Crippen molar-refractivity contribution in [3.05, 3.63) is 35.9 Å². The molecule has 1 nitrogen and oxygen atoms in total. The molecule has 0 heterocycles. The Morgan fingerprint density at radius 2 is 1.79 bits per heavy atom. The maximum Gasteiger partial charge on any atom is 0.0317 e. The van der Waals surface area contributed by atoms with E-state index >= 15 is 0 Å². The zero-order valence-corrected chi connectivity index (χ0v) is 9.46. The van der Waals surface area contributed by atoms with E-state index in [2.05, 4.69) is 56.4 Å². The summed E-state index contributed by atoms with van der Waals surface area (Å²) in [5.74, 6) is 0.716. The minimum absolute atomic E-state index is 0.513. The quantitative estimate of drug-likeness (QED) is 0.752. The molecule has 0 saturated heterocycles. The zero-order chi connectivity index (χ0) is 10.4. The summed E-state index contributed by atoms with van der Waals surface area (Å²) in [6.07, 6.45) is 1.15. The van der Waals surface area contributed by atoms with Crippen LogP contribution in [0.25, 0.3) is 0 Å². The van der Waals surface area contributed by atoms with Gasteiger partial charge in [0.25, 0.3) is 0 Å². The Kier molecular flexibility index (Phi) is 4.68. The molecule has 14 heavy (non-hydrogen) atoms. The van der Waals surface area contributed by atoms with Gasteiger partial charge in [-0.05, 0) is 24.4 Å². The van der Waals surface area contributed by atoms with Crippen molar-refractivity contribution in [2.45, 2.75) is 33.2 Å². The van der Waals surface area contributed by atoms with Gasteiger partial charge in [-0.3, -0.25) is 0 Å². The molecule has 0 spiro atoms. The highest BCUT2D eigenvalue weighted by Gasteiger charge is 2.07. The van der Waals surface area contributed by atoms with Crippen LogP contribution >= 0.6 is 0 Å². The monoisotopic (exact) mass is 191 g/mol. The van der Waals surface area contributed by atoms with Crippen LogP contribution in [-0.4, -0.2) is 6.54 Å². The lowest BCUT2D eigenvalue weighted by Crippen LogP contribution is -2.24. The van der Waals surface area contributed by atoms with Crippen LogP contribution in [0.2, 0.25) is 0 Å². The van der Waals surface area contributed by atoms with Gasteiger partial charge in [-0.2, -0.15) is 0 Å². The van der Waals surface area contributed by atoms with E-state index in [0.29, 0.717) is 12.0 Å². The molecule has 0 aliphatic carbocycles. The van der Waals surface area contributed by atoms with Gasteiger partial charge in [0.15, 0.2) is 0 Å². The molecule has 78 valence electrons. The Morgan fingerprint density at radius 1 is 1.14 bits per heavy atom. The first-order valence-corrected chi connectivity index (χ1v) is 5.52. The van der Waals surface area contributed by atoms with E-state index in [0.717, 1.165) is 13.0 Å². The summed E-state index contributed by atoms with van der Waals surface area (Å²) in [6, 6.07) is 11.2. The highest BCUT2D eigenvalue weighted by molar-refractivity contribution is 5.18. The summed E-state index contributed by atoms with van der Waals surface area (Å²) in [6.45, 7) is 7.80. The van der Waals surface area contributed by atoms with Crippen LogP contribution in [0.3, 0.4) is 0 Å². The van der Waals surface area contributed by atoms with Gasteiger partial charge in [0, 0.05) is 6.04 Å². The van der Waals surface area contributed by atoms with Crippen molar-refractivity contribution < 1.29 is 0 Å². The predicted octanol–water partition coefficient (Wildman–Crippen LogP) is 3.38. The third-order valence-electron chi connectivity index (χ3n) is 2.38. The molecule has 0 aromatic heterocycles. The van der Waals surface area contributed by atoms with Gasteiger partial charge >= 0.3 is 0 Å². The first-order chi connectivity index (χ1) is 6.74. The third-order valence-corrected chi connectivity index (χ3v) is 2.38. The Bertz CT molecular complexity index is 241. The minimum Gasteiger partial charge on any atom is -0.310 e. The van der Waals surface area contributed by atoms with Gasteiger partial charge in [-0.25, -0.2) is 0 Å². The second-order valence-corrected chi connectivity index (χ2v) is 4.17. The summed E-state index contributed by atoms with van der Waals surface area (Å²) >= 11 is 0. The summed E-state index contributed by atoms with van der Waals surface area (Å²) in [4.78, 5) is 0. The van der Waals surface area contributed by atoms with Crippen LogP contribution in [0.5, 0.6) is 0 Å². The van der Waals surface area contributed by atoms with Crippen molar-refractivity contribution in [1.29, 1.82) is 0 Å². The van der Waals surface area contributed by atoms with Crippen molar-refractivity contribution >= 4 is 0 Å². The molecule has 0 aliphatic rings. The molecule has 0 radical (unpaired) electrons. The molecule has 1 unspecified atom stereocenters. The highest BCUT2D eigenvalue weighted by atomic mass is 14.9. The Morgan fingerprint density at radius 3 is 2.29 bits per heavy atom. The van der Waals surface area contributed by atoms with Gasteiger partial charge in [-0.1, -0.05) is 51.1 Å². The molecule has 0 amide bonds. The van der Waals surface area contributed by atoms with Crippen LogP contribution in [0.1, 0.15) is 38.8 Å². The smallest absolute Gasteiger partial charge is 0.0317 e. The summed E-state index contributed by atoms with van der Waals surface area (Å²) < 4.78 is 0. The van der Waals surface area contributed by atoms with Crippen LogP contribution in [0, 0.1) is 5.92 Å². The topological polar surface area (TPSA) is 12.0 Å². The lowest BCUT2D eigenvalue weighted by molar-refractivity contribution is 0.465. The summed E-state index contributed by atoms with van der Waals surface area (Å²) in [7, 11) is 0. The van der Waals surface area contributed by atoms with Crippen LogP contribution in [-0.2, 0) is 0 Å². The molecule has 1 N–H and O–H groups in total. The lowest BCUT2D eigenvalue weighted by atomic mass is 10.0. The Labute approximate surface area is 87.5 Å². The average molecular weight is 191 g/mol. The highest BCUT2D eigenvalue weighted by Crippen LogP contribution is 2.15. The van der Waals surface area contributed by atoms with Gasteiger partial charge in [0.05, 0.1) is 0 Å². The van der Waals surface area contributed by atoms with Gasteiger partial charge < -0.3 is 5.32 Å². The van der Waals surface area contributed by atoms with Gasteiger partial charge in [-0.15, -0.1) is 0 Å². The first-order valence-electron chi connectivity index (χ1n) is 5.52. The maximum atomic E-state index is 3.59. The van der Waals surface area contributed by atoms with E-state index in [1.807, 2.05) is 0 Å². The van der Waals surface area contributed by atoms with Crippen LogP contribution in [0.15, 0.2) is 30.3 Å². The minimum atomic E-state index is 0.513. The second kappa shape index (κ2) is 5.82. The number of benzene rings is 1. The molecular weight excluding hydrogens is 170 g/mol. The molecule has 0 aliphatic heterocycles. The molecule has 1 rings (SSSR count). The number of hydrogen-bond acceptors (Lipinski definition) is 1. The van der Waals surface area contributed by atoms with Crippen molar-refractivity contribution in [3.8, 4) is 0 Å². The van der Waals surface area contributed by atoms with E-state index in [4.69, 9.17) is 0 Å². The molecule has 1 aromatic carbocycles. The number of rotatable bonds is 5. The summed E-state index contributed by atoms with van der Waals surface area (Å²) in [5, 5.41) is 3.59. The average Bonchev–Trinajstić information content (AvgIpc) is 2.20. The van der Waals surface area contributed by atoms with Gasteiger partial charge in [0.1, 0.15) is 0 Å². The molecule has 1 heteroatoms. The van der Waals surface area contributed by atoms with Crippen molar-refractivity contribution in [1.82, 2.24) is 5.32 Å². The maximum absolute atomic E-state index is 3.59. The third kappa shape index (κ3) is 3.51. The molecular formula is C13H21N. The van der Waals surface area contributed by atoms with E-state index in [-0.39, 0.29) is 0 Å². The van der Waals surface area contributed by atoms with Crippen molar-refractivity contribution in [2.75, 3.05) is 6.54 Å². The van der Waals surface area contributed by atoms with Crippen molar-refractivity contribution in [2.24, 2.45) is 5.92 Å². The van der Waals surface area contributed by atoms with E-state index in [1.165, 1.54) is 5.56 Å². The Hall–Kier alpha value is -0.820. The second-order valence-electron chi connectivity index (χ2n) is 4.17. The molecule has 0 fully saturated rings. The van der Waals surface area contributed by atoms with Gasteiger partial charge in [0.2, 0.25) is 0 Å². The standard InChI is InChI=1S/C13H21N/c1-4-13(14-10-11(2)3)12-8-6-5-7-9-12/h5-9,11,13-14H,4,10H2,1-3H3. The number of hydrogen-bond donors (Lipinski definition) is 1.